The van der Waals surface area contributed by atoms with Crippen molar-refractivity contribution in [3.05, 3.63) is 15.4 Å². The van der Waals surface area contributed by atoms with Crippen molar-refractivity contribution in [2.24, 2.45) is 16.8 Å². The lowest BCUT2D eigenvalue weighted by molar-refractivity contribution is -0.124. The lowest BCUT2D eigenvalue weighted by Gasteiger charge is -2.20. The first kappa shape index (κ1) is 15.0. The van der Waals surface area contributed by atoms with Gasteiger partial charge in [0.15, 0.2) is 4.80 Å². The maximum atomic E-state index is 12.2. The van der Waals surface area contributed by atoms with E-state index in [9.17, 15) is 4.79 Å². The Balaban J connectivity index is 2.00. The van der Waals surface area contributed by atoms with Gasteiger partial charge in [0.1, 0.15) is 0 Å². The van der Waals surface area contributed by atoms with Crippen LogP contribution in [-0.4, -0.2) is 10.5 Å². The molecule has 2 aliphatic rings. The van der Waals surface area contributed by atoms with E-state index in [1.807, 2.05) is 0 Å². The number of amides is 1. The molecular weight excluding hydrogens is 280 g/mol. The Labute approximate surface area is 131 Å². The second kappa shape index (κ2) is 5.38. The summed E-state index contributed by atoms with van der Waals surface area (Å²) in [5.74, 6) is 1.09. The monoisotopic (exact) mass is 306 g/mol. The van der Waals surface area contributed by atoms with E-state index in [0.717, 1.165) is 30.1 Å². The van der Waals surface area contributed by atoms with Gasteiger partial charge in [-0.05, 0) is 43.9 Å². The van der Waals surface area contributed by atoms with E-state index in [1.165, 1.54) is 29.8 Å². The average Bonchev–Trinajstić information content (AvgIpc) is 3.05. The normalized spacial score (nSPS) is 20.7. The second-order valence-corrected chi connectivity index (χ2v) is 8.66. The van der Waals surface area contributed by atoms with Crippen LogP contribution >= 0.6 is 11.3 Å². The molecule has 0 bridgehead atoms. The molecule has 0 spiro atoms. The van der Waals surface area contributed by atoms with Crippen molar-refractivity contribution in [1.82, 2.24) is 4.57 Å². The Hall–Kier alpha value is -0.900. The Morgan fingerprint density at radius 3 is 2.43 bits per heavy atom. The summed E-state index contributed by atoms with van der Waals surface area (Å²) in [7, 11) is 0. The highest BCUT2D eigenvalue weighted by Crippen LogP contribution is 2.34. The molecule has 1 amide bonds. The number of aromatic nitrogens is 1. The minimum absolute atomic E-state index is 0.104. The van der Waals surface area contributed by atoms with Gasteiger partial charge in [0.25, 0.3) is 5.91 Å². The maximum absolute atomic E-state index is 12.2. The fraction of sp³-hybridized carbons (Fsp3) is 0.765. The predicted octanol–water partition coefficient (Wildman–Crippen LogP) is 3.79. The molecule has 116 valence electrons. The summed E-state index contributed by atoms with van der Waals surface area (Å²) in [5, 5.41) is 0. The molecule has 0 unspecified atom stereocenters. The molecule has 0 saturated heterocycles. The van der Waals surface area contributed by atoms with Crippen LogP contribution in [0.15, 0.2) is 4.99 Å². The van der Waals surface area contributed by atoms with Crippen molar-refractivity contribution in [1.29, 1.82) is 0 Å². The van der Waals surface area contributed by atoms with Gasteiger partial charge in [0.05, 0.1) is 0 Å². The van der Waals surface area contributed by atoms with E-state index < -0.39 is 0 Å². The average molecular weight is 306 g/mol. The standard InChI is InChI=1S/C17H26N2OS/c1-11-14(17(2,3)4)21-16(19(11)10-12-8-9-12)18-15(20)13-6-5-7-13/h12-13H,5-10H2,1-4H3/b18-16-. The zero-order chi connectivity index (χ0) is 15.2. The summed E-state index contributed by atoms with van der Waals surface area (Å²) < 4.78 is 2.31. The van der Waals surface area contributed by atoms with Crippen molar-refractivity contribution >= 4 is 17.2 Å². The van der Waals surface area contributed by atoms with Gasteiger partial charge in [-0.1, -0.05) is 27.2 Å². The van der Waals surface area contributed by atoms with Gasteiger partial charge in [0, 0.05) is 23.0 Å². The summed E-state index contributed by atoms with van der Waals surface area (Å²) >= 11 is 1.72. The second-order valence-electron chi connectivity index (χ2n) is 7.68. The fourth-order valence-corrected chi connectivity index (χ4v) is 4.08. The molecule has 1 aromatic heterocycles. The number of carbonyl (C=O) groups excluding carboxylic acids is 1. The highest BCUT2D eigenvalue weighted by molar-refractivity contribution is 7.09. The summed E-state index contributed by atoms with van der Waals surface area (Å²) in [4.78, 5) is 19.0. The summed E-state index contributed by atoms with van der Waals surface area (Å²) in [6.45, 7) is 9.95. The molecule has 2 saturated carbocycles. The molecule has 3 rings (SSSR count). The van der Waals surface area contributed by atoms with Crippen LogP contribution < -0.4 is 4.80 Å². The Bertz CT molecular complexity index is 610. The minimum atomic E-state index is 0.104. The molecule has 0 aromatic carbocycles. The topological polar surface area (TPSA) is 34.4 Å². The van der Waals surface area contributed by atoms with E-state index in [2.05, 4.69) is 37.3 Å². The van der Waals surface area contributed by atoms with Crippen LogP contribution in [0.1, 0.15) is 63.4 Å². The van der Waals surface area contributed by atoms with Crippen molar-refractivity contribution in [2.45, 2.75) is 71.8 Å². The van der Waals surface area contributed by atoms with Crippen LogP contribution in [0.5, 0.6) is 0 Å². The van der Waals surface area contributed by atoms with Gasteiger partial charge < -0.3 is 4.57 Å². The third-order valence-electron chi connectivity index (χ3n) is 4.64. The Kier molecular flexibility index (Phi) is 3.85. The molecule has 0 aliphatic heterocycles. The van der Waals surface area contributed by atoms with Crippen molar-refractivity contribution in [3.63, 3.8) is 0 Å². The summed E-state index contributed by atoms with van der Waals surface area (Å²) in [6.07, 6.45) is 5.89. The smallest absolute Gasteiger partial charge is 0.251 e. The largest absolute Gasteiger partial charge is 0.320 e. The van der Waals surface area contributed by atoms with Crippen molar-refractivity contribution in [3.8, 4) is 0 Å². The lowest BCUT2D eigenvalue weighted by Crippen LogP contribution is -2.25. The Morgan fingerprint density at radius 1 is 1.29 bits per heavy atom. The van der Waals surface area contributed by atoms with E-state index in [-0.39, 0.29) is 17.2 Å². The summed E-state index contributed by atoms with van der Waals surface area (Å²) in [5.41, 5.74) is 1.42. The predicted molar refractivity (Wildman–Crippen MR) is 86.4 cm³/mol. The maximum Gasteiger partial charge on any atom is 0.251 e. The molecular formula is C17H26N2OS. The van der Waals surface area contributed by atoms with E-state index in [1.54, 1.807) is 11.3 Å². The van der Waals surface area contributed by atoms with Crippen molar-refractivity contribution in [2.75, 3.05) is 0 Å². The molecule has 21 heavy (non-hydrogen) atoms. The van der Waals surface area contributed by atoms with Crippen LogP contribution in [-0.2, 0) is 16.8 Å². The SMILES string of the molecule is Cc1c(C(C)(C)C)s/c(=N\C(=O)C2CCC2)n1CC1CC1. The zero-order valence-corrected chi connectivity index (χ0v) is 14.4. The highest BCUT2D eigenvalue weighted by Gasteiger charge is 2.28. The van der Waals surface area contributed by atoms with Crippen LogP contribution in [0, 0.1) is 18.8 Å². The number of thiazole rings is 1. The molecule has 2 fully saturated rings. The number of nitrogens with zero attached hydrogens (tertiary/aromatic N) is 2. The van der Waals surface area contributed by atoms with Crippen molar-refractivity contribution < 1.29 is 4.79 Å². The first-order valence-corrected chi connectivity index (χ1v) is 8.97. The third kappa shape index (κ3) is 3.15. The van der Waals surface area contributed by atoms with E-state index in [0.29, 0.717) is 0 Å². The molecule has 1 aromatic rings. The first-order chi connectivity index (χ1) is 9.86. The minimum Gasteiger partial charge on any atom is -0.320 e. The molecule has 2 aliphatic carbocycles. The number of hydrogen-bond donors (Lipinski definition) is 0. The molecule has 1 heterocycles. The van der Waals surface area contributed by atoms with E-state index in [4.69, 9.17) is 0 Å². The van der Waals surface area contributed by atoms with E-state index >= 15 is 0 Å². The quantitative estimate of drug-likeness (QED) is 0.836. The summed E-state index contributed by atoms with van der Waals surface area (Å²) in [6, 6.07) is 0. The van der Waals surface area contributed by atoms with Gasteiger partial charge >= 0.3 is 0 Å². The molecule has 4 heteroatoms. The fourth-order valence-electron chi connectivity index (χ4n) is 2.88. The molecule has 0 atom stereocenters. The van der Waals surface area contributed by atoms with Gasteiger partial charge in [-0.15, -0.1) is 11.3 Å². The number of hydrogen-bond acceptors (Lipinski definition) is 2. The number of carbonyl (C=O) groups is 1. The lowest BCUT2D eigenvalue weighted by atomic mass is 9.85. The molecule has 3 nitrogen and oxygen atoms in total. The third-order valence-corrected chi connectivity index (χ3v) is 6.24. The van der Waals surface area contributed by atoms with Crippen LogP contribution in [0.3, 0.4) is 0 Å². The Morgan fingerprint density at radius 2 is 1.95 bits per heavy atom. The van der Waals surface area contributed by atoms with Crippen LogP contribution in [0.4, 0.5) is 0 Å². The molecule has 0 N–H and O–H groups in total. The van der Waals surface area contributed by atoms with Gasteiger partial charge in [-0.25, -0.2) is 0 Å². The first-order valence-electron chi connectivity index (χ1n) is 8.15. The van der Waals surface area contributed by atoms with Gasteiger partial charge in [-0.2, -0.15) is 4.99 Å². The van der Waals surface area contributed by atoms with Gasteiger partial charge in [0.2, 0.25) is 0 Å². The van der Waals surface area contributed by atoms with Crippen LogP contribution in [0.25, 0.3) is 0 Å². The highest BCUT2D eigenvalue weighted by atomic mass is 32.1. The van der Waals surface area contributed by atoms with Gasteiger partial charge in [-0.3, -0.25) is 4.79 Å². The number of rotatable bonds is 3. The zero-order valence-electron chi connectivity index (χ0n) is 13.6. The molecule has 0 radical (unpaired) electrons. The van der Waals surface area contributed by atoms with Crippen LogP contribution in [0.2, 0.25) is 0 Å².